The minimum atomic E-state index is -0.0217. The molecule has 0 N–H and O–H groups in total. The Bertz CT molecular complexity index is 686. The van der Waals surface area contributed by atoms with Crippen molar-refractivity contribution in [3.8, 4) is 0 Å². The highest BCUT2D eigenvalue weighted by molar-refractivity contribution is 7.11. The Balaban J connectivity index is 1.73. The lowest BCUT2D eigenvalue weighted by Crippen LogP contribution is -2.39. The van der Waals surface area contributed by atoms with E-state index in [1.54, 1.807) is 22.2 Å². The van der Waals surface area contributed by atoms with Gasteiger partial charge in [-0.15, -0.1) is 16.4 Å². The Morgan fingerprint density at radius 1 is 1.39 bits per heavy atom. The van der Waals surface area contributed by atoms with Crippen LogP contribution in [0.25, 0.3) is 0 Å². The molecule has 0 spiro atoms. The van der Waals surface area contributed by atoms with Crippen LogP contribution in [0.2, 0.25) is 0 Å². The van der Waals surface area contributed by atoms with E-state index in [9.17, 15) is 4.79 Å². The van der Waals surface area contributed by atoms with Crippen LogP contribution in [0.15, 0.2) is 6.20 Å². The summed E-state index contributed by atoms with van der Waals surface area (Å²) in [6.07, 6.45) is 3.84. The van der Waals surface area contributed by atoms with Crippen LogP contribution in [0, 0.1) is 13.8 Å². The molecule has 0 saturated carbocycles. The van der Waals surface area contributed by atoms with Gasteiger partial charge in [-0.2, -0.15) is 0 Å². The first-order valence-electron chi connectivity index (χ1n) is 8.10. The molecule has 0 radical (unpaired) electrons. The standard InChI is InChI=1S/C16H23N5OS/c1-10(2)21-9-14(18-19-21)16(22)20-7-5-6-13(8-20)15-17-11(3)12(4)23-15/h9-10,13H,5-8H2,1-4H3. The first-order valence-corrected chi connectivity index (χ1v) is 8.92. The van der Waals surface area contributed by atoms with Crippen molar-refractivity contribution in [3.63, 3.8) is 0 Å². The lowest BCUT2D eigenvalue weighted by Gasteiger charge is -2.31. The molecule has 1 aliphatic heterocycles. The smallest absolute Gasteiger partial charge is 0.276 e. The maximum atomic E-state index is 12.7. The number of hydrogen-bond donors (Lipinski definition) is 0. The molecule has 7 heteroatoms. The summed E-state index contributed by atoms with van der Waals surface area (Å²) in [4.78, 5) is 20.5. The monoisotopic (exact) mass is 333 g/mol. The minimum absolute atomic E-state index is 0.0217. The van der Waals surface area contributed by atoms with Crippen LogP contribution in [0.4, 0.5) is 0 Å². The molecular formula is C16H23N5OS. The predicted octanol–water partition coefficient (Wildman–Crippen LogP) is 2.95. The number of nitrogens with zero attached hydrogens (tertiary/aromatic N) is 5. The zero-order valence-electron chi connectivity index (χ0n) is 14.1. The van der Waals surface area contributed by atoms with Gasteiger partial charge in [0.15, 0.2) is 5.69 Å². The number of aryl methyl sites for hydroxylation is 2. The Morgan fingerprint density at radius 3 is 2.78 bits per heavy atom. The summed E-state index contributed by atoms with van der Waals surface area (Å²) in [7, 11) is 0. The molecular weight excluding hydrogens is 310 g/mol. The quantitative estimate of drug-likeness (QED) is 0.866. The number of hydrogen-bond acceptors (Lipinski definition) is 5. The number of piperidine rings is 1. The highest BCUT2D eigenvalue weighted by Gasteiger charge is 2.29. The second-order valence-electron chi connectivity index (χ2n) is 6.46. The minimum Gasteiger partial charge on any atom is -0.337 e. The fourth-order valence-corrected chi connectivity index (χ4v) is 3.87. The van der Waals surface area contributed by atoms with Crippen LogP contribution in [-0.4, -0.2) is 43.9 Å². The Hall–Kier alpha value is -1.76. The Labute approximate surface area is 140 Å². The molecule has 2 aromatic heterocycles. The van der Waals surface area contributed by atoms with E-state index in [1.807, 2.05) is 25.7 Å². The third kappa shape index (κ3) is 3.29. The van der Waals surface area contributed by atoms with Crippen LogP contribution >= 0.6 is 11.3 Å². The van der Waals surface area contributed by atoms with Gasteiger partial charge in [0.05, 0.1) is 16.9 Å². The van der Waals surface area contributed by atoms with Crippen LogP contribution < -0.4 is 0 Å². The maximum absolute atomic E-state index is 12.7. The highest BCUT2D eigenvalue weighted by atomic mass is 32.1. The van der Waals surface area contributed by atoms with E-state index in [-0.39, 0.29) is 11.9 Å². The molecule has 0 aliphatic carbocycles. The Kier molecular flexibility index (Phi) is 4.48. The van der Waals surface area contributed by atoms with Gasteiger partial charge in [0.1, 0.15) is 0 Å². The average Bonchev–Trinajstić information content (AvgIpc) is 3.15. The molecule has 2 aromatic rings. The number of thiazole rings is 1. The summed E-state index contributed by atoms with van der Waals surface area (Å²) in [5.41, 5.74) is 1.54. The molecule has 1 fully saturated rings. The number of carbonyl (C=O) groups excluding carboxylic acids is 1. The summed E-state index contributed by atoms with van der Waals surface area (Å²) in [6, 6.07) is 0.208. The molecule has 6 nitrogen and oxygen atoms in total. The van der Waals surface area contributed by atoms with Crippen molar-refractivity contribution >= 4 is 17.2 Å². The lowest BCUT2D eigenvalue weighted by molar-refractivity contribution is 0.0701. The number of aromatic nitrogens is 4. The lowest BCUT2D eigenvalue weighted by atomic mass is 9.98. The van der Waals surface area contributed by atoms with Crippen molar-refractivity contribution in [2.45, 2.75) is 52.5 Å². The summed E-state index contributed by atoms with van der Waals surface area (Å²) in [5.74, 6) is 0.317. The van der Waals surface area contributed by atoms with E-state index < -0.39 is 0 Å². The van der Waals surface area contributed by atoms with Gasteiger partial charge in [0, 0.05) is 29.9 Å². The summed E-state index contributed by atoms with van der Waals surface area (Å²) in [5, 5.41) is 9.23. The molecule has 1 saturated heterocycles. The molecule has 124 valence electrons. The molecule has 1 amide bonds. The molecule has 1 atom stereocenters. The first kappa shape index (κ1) is 16.1. The van der Waals surface area contributed by atoms with Crippen molar-refractivity contribution in [1.29, 1.82) is 0 Å². The first-order chi connectivity index (χ1) is 11.0. The van der Waals surface area contributed by atoms with Crippen molar-refractivity contribution in [2.75, 3.05) is 13.1 Å². The van der Waals surface area contributed by atoms with Gasteiger partial charge in [0.25, 0.3) is 5.91 Å². The van der Waals surface area contributed by atoms with Crippen molar-refractivity contribution in [1.82, 2.24) is 24.9 Å². The maximum Gasteiger partial charge on any atom is 0.276 e. The van der Waals surface area contributed by atoms with E-state index in [1.165, 1.54) is 4.88 Å². The number of amides is 1. The number of carbonyl (C=O) groups is 1. The third-order valence-corrected chi connectivity index (χ3v) is 5.60. The van der Waals surface area contributed by atoms with E-state index in [0.717, 1.165) is 36.6 Å². The normalized spacial score (nSPS) is 18.7. The van der Waals surface area contributed by atoms with Gasteiger partial charge in [-0.1, -0.05) is 5.21 Å². The van der Waals surface area contributed by atoms with Crippen LogP contribution in [0.3, 0.4) is 0 Å². The average molecular weight is 333 g/mol. The molecule has 1 aliphatic rings. The largest absolute Gasteiger partial charge is 0.337 e. The second-order valence-corrected chi connectivity index (χ2v) is 7.70. The summed E-state index contributed by atoms with van der Waals surface area (Å²) in [6.45, 7) is 9.70. The SMILES string of the molecule is Cc1nc(C2CCCN(C(=O)c3cn(C(C)C)nn3)C2)sc1C. The molecule has 3 rings (SSSR count). The van der Waals surface area contributed by atoms with Crippen LogP contribution in [0.5, 0.6) is 0 Å². The molecule has 0 aromatic carbocycles. The Morgan fingerprint density at radius 2 is 2.17 bits per heavy atom. The van der Waals surface area contributed by atoms with Crippen molar-refractivity contribution in [2.24, 2.45) is 0 Å². The van der Waals surface area contributed by atoms with E-state index in [0.29, 0.717) is 11.6 Å². The molecule has 0 bridgehead atoms. The fourth-order valence-electron chi connectivity index (χ4n) is 2.82. The van der Waals surface area contributed by atoms with Gasteiger partial charge < -0.3 is 4.90 Å². The van der Waals surface area contributed by atoms with Gasteiger partial charge >= 0.3 is 0 Å². The highest BCUT2D eigenvalue weighted by Crippen LogP contribution is 2.31. The predicted molar refractivity (Wildman–Crippen MR) is 89.9 cm³/mol. The van der Waals surface area contributed by atoms with Crippen molar-refractivity contribution < 1.29 is 4.79 Å². The zero-order chi connectivity index (χ0) is 16.6. The fraction of sp³-hybridized carbons (Fsp3) is 0.625. The number of likely N-dealkylation sites (tertiary alicyclic amines) is 1. The second kappa shape index (κ2) is 6.39. The zero-order valence-corrected chi connectivity index (χ0v) is 14.9. The van der Waals surface area contributed by atoms with E-state index in [4.69, 9.17) is 0 Å². The summed E-state index contributed by atoms with van der Waals surface area (Å²) >= 11 is 1.76. The summed E-state index contributed by atoms with van der Waals surface area (Å²) < 4.78 is 1.72. The third-order valence-electron chi connectivity index (χ3n) is 4.36. The van der Waals surface area contributed by atoms with E-state index in [2.05, 4.69) is 22.2 Å². The van der Waals surface area contributed by atoms with Gasteiger partial charge in [0.2, 0.25) is 0 Å². The van der Waals surface area contributed by atoms with Gasteiger partial charge in [-0.05, 0) is 40.5 Å². The molecule has 3 heterocycles. The van der Waals surface area contributed by atoms with Crippen LogP contribution in [0.1, 0.15) is 64.7 Å². The van der Waals surface area contributed by atoms with Crippen LogP contribution in [-0.2, 0) is 0 Å². The molecule has 23 heavy (non-hydrogen) atoms. The topological polar surface area (TPSA) is 63.9 Å². The number of rotatable bonds is 3. The molecule has 1 unspecified atom stereocenters. The van der Waals surface area contributed by atoms with Crippen molar-refractivity contribution in [3.05, 3.63) is 27.5 Å². The van der Waals surface area contributed by atoms with Gasteiger partial charge in [-0.25, -0.2) is 9.67 Å². The van der Waals surface area contributed by atoms with E-state index >= 15 is 0 Å². The van der Waals surface area contributed by atoms with Gasteiger partial charge in [-0.3, -0.25) is 4.79 Å².